The van der Waals surface area contributed by atoms with Crippen LogP contribution < -0.4 is 5.32 Å². The monoisotopic (exact) mass is 343 g/mol. The molecule has 1 aliphatic carbocycles. The van der Waals surface area contributed by atoms with Gasteiger partial charge in [-0.25, -0.2) is 0 Å². The minimum absolute atomic E-state index is 0.00505. The van der Waals surface area contributed by atoms with Crippen LogP contribution in [0.15, 0.2) is 18.2 Å². The van der Waals surface area contributed by atoms with Crippen LogP contribution >= 0.6 is 0 Å². The summed E-state index contributed by atoms with van der Waals surface area (Å²) < 4.78 is 0. The van der Waals surface area contributed by atoms with Crippen LogP contribution in [0.1, 0.15) is 31.4 Å². The second-order valence-corrected chi connectivity index (χ2v) is 7.16. The van der Waals surface area contributed by atoms with Crippen molar-refractivity contribution in [2.75, 3.05) is 38.0 Å². The van der Waals surface area contributed by atoms with E-state index in [1.165, 1.54) is 0 Å². The summed E-state index contributed by atoms with van der Waals surface area (Å²) in [6.07, 6.45) is 1.57. The highest BCUT2D eigenvalue weighted by atomic mass is 16.2. The molecule has 2 amide bonds. The molecule has 1 aromatic rings. The third-order valence-corrected chi connectivity index (χ3v) is 5.56. The van der Waals surface area contributed by atoms with Gasteiger partial charge in [0.1, 0.15) is 0 Å². The molecule has 0 bridgehead atoms. The highest BCUT2D eigenvalue weighted by molar-refractivity contribution is 6.00. The molecule has 1 saturated carbocycles. The average molecular weight is 343 g/mol. The molecule has 0 spiro atoms. The molecule has 136 valence electrons. The molecule has 3 rings (SSSR count). The first kappa shape index (κ1) is 17.9. The summed E-state index contributed by atoms with van der Waals surface area (Å²) in [6, 6.07) is 6.08. The SMILES string of the molecule is CCc1cccc(C)c1NC(=O)C1CC1C(=O)N1CCN(CC)CC1. The highest BCUT2D eigenvalue weighted by Crippen LogP contribution is 2.41. The lowest BCUT2D eigenvalue weighted by atomic mass is 10.1. The van der Waals surface area contributed by atoms with Crippen LogP contribution in [0.4, 0.5) is 5.69 Å². The zero-order valence-corrected chi connectivity index (χ0v) is 15.5. The van der Waals surface area contributed by atoms with E-state index in [2.05, 4.69) is 24.1 Å². The fourth-order valence-electron chi connectivity index (χ4n) is 3.69. The number of amides is 2. The molecule has 1 saturated heterocycles. The van der Waals surface area contributed by atoms with E-state index in [0.29, 0.717) is 6.42 Å². The number of rotatable bonds is 5. The topological polar surface area (TPSA) is 52.7 Å². The van der Waals surface area contributed by atoms with Crippen molar-refractivity contribution in [2.24, 2.45) is 11.8 Å². The van der Waals surface area contributed by atoms with Crippen LogP contribution in [0.25, 0.3) is 0 Å². The molecule has 25 heavy (non-hydrogen) atoms. The summed E-state index contributed by atoms with van der Waals surface area (Å²) in [5.41, 5.74) is 3.14. The predicted octanol–water partition coefficient (Wildman–Crippen LogP) is 2.30. The Labute approximate surface area is 150 Å². The maximum absolute atomic E-state index is 12.6. The van der Waals surface area contributed by atoms with E-state index in [1.807, 2.05) is 30.0 Å². The van der Waals surface area contributed by atoms with E-state index >= 15 is 0 Å². The molecular formula is C20H29N3O2. The van der Waals surface area contributed by atoms with Gasteiger partial charge in [0.25, 0.3) is 0 Å². The molecule has 5 nitrogen and oxygen atoms in total. The molecule has 1 heterocycles. The second-order valence-electron chi connectivity index (χ2n) is 7.16. The number of benzene rings is 1. The molecule has 0 aromatic heterocycles. The number of anilines is 1. The second kappa shape index (κ2) is 7.56. The van der Waals surface area contributed by atoms with Gasteiger partial charge in [0.15, 0.2) is 0 Å². The molecule has 2 unspecified atom stereocenters. The minimum atomic E-state index is -0.166. The minimum Gasteiger partial charge on any atom is -0.340 e. The van der Waals surface area contributed by atoms with Crippen molar-refractivity contribution in [3.8, 4) is 0 Å². The largest absolute Gasteiger partial charge is 0.340 e. The number of nitrogens with one attached hydrogen (secondary N) is 1. The van der Waals surface area contributed by atoms with Crippen molar-refractivity contribution in [1.82, 2.24) is 9.80 Å². The van der Waals surface area contributed by atoms with E-state index in [-0.39, 0.29) is 23.7 Å². The normalized spacial score (nSPS) is 23.4. The van der Waals surface area contributed by atoms with Gasteiger partial charge in [0, 0.05) is 31.9 Å². The van der Waals surface area contributed by atoms with E-state index in [0.717, 1.165) is 56.0 Å². The number of piperazine rings is 1. The highest BCUT2D eigenvalue weighted by Gasteiger charge is 2.49. The van der Waals surface area contributed by atoms with E-state index < -0.39 is 0 Å². The molecule has 0 radical (unpaired) electrons. The van der Waals surface area contributed by atoms with E-state index in [4.69, 9.17) is 0 Å². The maximum Gasteiger partial charge on any atom is 0.228 e. The van der Waals surface area contributed by atoms with E-state index in [9.17, 15) is 9.59 Å². The fraction of sp³-hybridized carbons (Fsp3) is 0.600. The summed E-state index contributed by atoms with van der Waals surface area (Å²) in [7, 11) is 0. The molecule has 2 atom stereocenters. The lowest BCUT2D eigenvalue weighted by molar-refractivity contribution is -0.135. The van der Waals surface area contributed by atoms with Crippen LogP contribution in [-0.2, 0) is 16.0 Å². The number of carbonyl (C=O) groups is 2. The molecule has 1 N–H and O–H groups in total. The molecule has 5 heteroatoms. The van der Waals surface area contributed by atoms with Crippen molar-refractivity contribution < 1.29 is 9.59 Å². The lowest BCUT2D eigenvalue weighted by Crippen LogP contribution is -2.49. The Morgan fingerprint density at radius 3 is 2.48 bits per heavy atom. The van der Waals surface area contributed by atoms with Gasteiger partial charge in [0.2, 0.25) is 11.8 Å². The summed E-state index contributed by atoms with van der Waals surface area (Å²) in [6.45, 7) is 10.7. The Bertz CT molecular complexity index is 650. The molecule has 1 aliphatic heterocycles. The zero-order chi connectivity index (χ0) is 18.0. The van der Waals surface area contributed by atoms with Crippen LogP contribution in [0.2, 0.25) is 0 Å². The number of likely N-dealkylation sites (N-methyl/N-ethyl adjacent to an activating group) is 1. The lowest BCUT2D eigenvalue weighted by Gasteiger charge is -2.34. The molecule has 2 aliphatic rings. The van der Waals surface area contributed by atoms with Gasteiger partial charge in [-0.15, -0.1) is 0 Å². The molecular weight excluding hydrogens is 314 g/mol. The first-order chi connectivity index (χ1) is 12.0. The van der Waals surface area contributed by atoms with Gasteiger partial charge < -0.3 is 15.1 Å². The van der Waals surface area contributed by atoms with Crippen LogP contribution in [0, 0.1) is 18.8 Å². The Hall–Kier alpha value is -1.88. The number of hydrogen-bond donors (Lipinski definition) is 1. The van der Waals surface area contributed by atoms with Crippen molar-refractivity contribution in [3.63, 3.8) is 0 Å². The summed E-state index contributed by atoms with van der Waals surface area (Å²) in [4.78, 5) is 29.5. The number of nitrogens with zero attached hydrogens (tertiary/aromatic N) is 2. The van der Waals surface area contributed by atoms with Crippen molar-refractivity contribution in [3.05, 3.63) is 29.3 Å². The zero-order valence-electron chi connectivity index (χ0n) is 15.5. The average Bonchev–Trinajstić information content (AvgIpc) is 3.43. The third kappa shape index (κ3) is 3.87. The number of para-hydroxylation sites is 1. The smallest absolute Gasteiger partial charge is 0.228 e. The number of hydrogen-bond acceptors (Lipinski definition) is 3. The van der Waals surface area contributed by atoms with Gasteiger partial charge in [-0.2, -0.15) is 0 Å². The fourth-order valence-corrected chi connectivity index (χ4v) is 3.69. The van der Waals surface area contributed by atoms with Crippen molar-refractivity contribution >= 4 is 17.5 Å². The Morgan fingerprint density at radius 2 is 1.84 bits per heavy atom. The van der Waals surface area contributed by atoms with Crippen molar-refractivity contribution in [2.45, 2.75) is 33.6 Å². The molecule has 2 fully saturated rings. The van der Waals surface area contributed by atoms with Gasteiger partial charge in [0.05, 0.1) is 11.8 Å². The van der Waals surface area contributed by atoms with E-state index in [1.54, 1.807) is 0 Å². The maximum atomic E-state index is 12.6. The van der Waals surface area contributed by atoms with Crippen LogP contribution in [-0.4, -0.2) is 54.3 Å². The van der Waals surface area contributed by atoms with Gasteiger partial charge in [-0.05, 0) is 37.4 Å². The number of aryl methyl sites for hydroxylation is 2. The Balaban J connectivity index is 1.57. The van der Waals surface area contributed by atoms with Gasteiger partial charge in [-0.1, -0.05) is 32.0 Å². The first-order valence-electron chi connectivity index (χ1n) is 9.45. The Kier molecular flexibility index (Phi) is 5.42. The first-order valence-corrected chi connectivity index (χ1v) is 9.45. The number of carbonyl (C=O) groups excluding carboxylic acids is 2. The Morgan fingerprint density at radius 1 is 1.12 bits per heavy atom. The van der Waals surface area contributed by atoms with Gasteiger partial charge >= 0.3 is 0 Å². The standard InChI is InChI=1S/C20H29N3O2/c1-4-15-8-6-7-14(3)18(15)21-19(24)16-13-17(16)20(25)23-11-9-22(5-2)10-12-23/h6-8,16-17H,4-5,9-13H2,1-3H3,(H,21,24). The van der Waals surface area contributed by atoms with Crippen LogP contribution in [0.3, 0.4) is 0 Å². The quantitative estimate of drug-likeness (QED) is 0.892. The summed E-state index contributed by atoms with van der Waals surface area (Å²) in [5.74, 6) is -0.130. The summed E-state index contributed by atoms with van der Waals surface area (Å²) in [5, 5.41) is 3.08. The van der Waals surface area contributed by atoms with Crippen LogP contribution in [0.5, 0.6) is 0 Å². The molecule has 1 aromatic carbocycles. The van der Waals surface area contributed by atoms with Gasteiger partial charge in [-0.3, -0.25) is 9.59 Å². The predicted molar refractivity (Wildman–Crippen MR) is 99.5 cm³/mol. The summed E-state index contributed by atoms with van der Waals surface area (Å²) >= 11 is 0. The van der Waals surface area contributed by atoms with Crippen molar-refractivity contribution in [1.29, 1.82) is 0 Å². The third-order valence-electron chi connectivity index (χ3n) is 5.56.